The minimum absolute atomic E-state index is 0.243. The fourth-order valence-electron chi connectivity index (χ4n) is 1.51. The maximum absolute atomic E-state index is 11.8. The second-order valence-corrected chi connectivity index (χ2v) is 3.50. The fourth-order valence-corrected chi connectivity index (χ4v) is 1.51. The number of carbonyl (C=O) groups excluding carboxylic acids is 2. The number of aromatic nitrogens is 2. The van der Waals surface area contributed by atoms with Crippen LogP contribution in [0.4, 0.5) is 10.6 Å². The number of nitrogens with zero attached hydrogens (tertiary/aromatic N) is 2. The lowest BCUT2D eigenvalue weighted by Crippen LogP contribution is -2.18. The van der Waals surface area contributed by atoms with Crippen molar-refractivity contribution in [2.24, 2.45) is 7.05 Å². The van der Waals surface area contributed by atoms with E-state index in [0.29, 0.717) is 5.69 Å². The van der Waals surface area contributed by atoms with E-state index >= 15 is 0 Å². The summed E-state index contributed by atoms with van der Waals surface area (Å²) in [6.45, 7) is 5.58. The standard InChI is InChI=1S/C11H17N3O4/c1-5-17-10(15)8-7(3)13-14(4)9(8)12-11(16)18-6-2/h5-6H2,1-4H3,(H,12,16). The number of rotatable bonds is 4. The van der Waals surface area contributed by atoms with Crippen LogP contribution in [0.15, 0.2) is 0 Å². The lowest BCUT2D eigenvalue weighted by atomic mass is 10.2. The Morgan fingerprint density at radius 2 is 1.89 bits per heavy atom. The van der Waals surface area contributed by atoms with Gasteiger partial charge in [0, 0.05) is 7.05 Å². The van der Waals surface area contributed by atoms with E-state index in [9.17, 15) is 9.59 Å². The van der Waals surface area contributed by atoms with Gasteiger partial charge in [-0.2, -0.15) is 5.10 Å². The van der Waals surface area contributed by atoms with Crippen molar-refractivity contribution >= 4 is 17.9 Å². The molecule has 0 aliphatic carbocycles. The van der Waals surface area contributed by atoms with Gasteiger partial charge in [0.15, 0.2) is 0 Å². The second kappa shape index (κ2) is 6.04. The minimum atomic E-state index is -0.633. The molecule has 1 rings (SSSR count). The van der Waals surface area contributed by atoms with E-state index in [2.05, 4.69) is 10.4 Å². The zero-order valence-electron chi connectivity index (χ0n) is 10.9. The van der Waals surface area contributed by atoms with Gasteiger partial charge in [0.25, 0.3) is 0 Å². The van der Waals surface area contributed by atoms with Crippen molar-refractivity contribution in [2.45, 2.75) is 20.8 Å². The average Bonchev–Trinajstić information content (AvgIpc) is 2.54. The number of ether oxygens (including phenoxy) is 2. The predicted octanol–water partition coefficient (Wildman–Crippen LogP) is 1.47. The van der Waals surface area contributed by atoms with Crippen molar-refractivity contribution in [1.82, 2.24) is 9.78 Å². The number of hydrogen-bond donors (Lipinski definition) is 1. The molecule has 0 atom stereocenters. The van der Waals surface area contributed by atoms with Crippen LogP contribution in [0.25, 0.3) is 0 Å². The van der Waals surface area contributed by atoms with Gasteiger partial charge < -0.3 is 9.47 Å². The molecule has 100 valence electrons. The highest BCUT2D eigenvalue weighted by molar-refractivity contribution is 5.99. The molecule has 1 aromatic heterocycles. The van der Waals surface area contributed by atoms with Crippen LogP contribution in [-0.4, -0.2) is 35.1 Å². The van der Waals surface area contributed by atoms with Gasteiger partial charge in [-0.1, -0.05) is 0 Å². The molecule has 1 amide bonds. The first-order valence-electron chi connectivity index (χ1n) is 5.65. The molecule has 18 heavy (non-hydrogen) atoms. The molecule has 0 fully saturated rings. The monoisotopic (exact) mass is 255 g/mol. The molecule has 0 unspecified atom stereocenters. The second-order valence-electron chi connectivity index (χ2n) is 3.50. The maximum atomic E-state index is 11.8. The Hall–Kier alpha value is -2.05. The normalized spacial score (nSPS) is 10.0. The summed E-state index contributed by atoms with van der Waals surface area (Å²) in [5, 5.41) is 6.55. The first kappa shape index (κ1) is 14.0. The molecule has 0 spiro atoms. The summed E-state index contributed by atoms with van der Waals surface area (Å²) in [5.74, 6) is -0.251. The highest BCUT2D eigenvalue weighted by Gasteiger charge is 2.23. The van der Waals surface area contributed by atoms with Gasteiger partial charge in [-0.25, -0.2) is 9.59 Å². The number of amides is 1. The smallest absolute Gasteiger partial charge is 0.412 e. The highest BCUT2D eigenvalue weighted by Crippen LogP contribution is 2.20. The third-order valence-electron chi connectivity index (χ3n) is 2.20. The van der Waals surface area contributed by atoms with Gasteiger partial charge in [-0.3, -0.25) is 10.00 Å². The number of carbonyl (C=O) groups is 2. The summed E-state index contributed by atoms with van der Waals surface area (Å²) in [6.07, 6.45) is -0.633. The van der Waals surface area contributed by atoms with Gasteiger partial charge >= 0.3 is 12.1 Å². The van der Waals surface area contributed by atoms with Crippen LogP contribution in [0.2, 0.25) is 0 Å². The lowest BCUT2D eigenvalue weighted by Gasteiger charge is -2.08. The largest absolute Gasteiger partial charge is 0.462 e. The first-order chi connectivity index (χ1) is 8.51. The Morgan fingerprint density at radius 1 is 1.28 bits per heavy atom. The number of esters is 1. The topological polar surface area (TPSA) is 82.4 Å². The summed E-state index contributed by atoms with van der Waals surface area (Å²) in [5.41, 5.74) is 0.732. The van der Waals surface area contributed by atoms with E-state index in [4.69, 9.17) is 9.47 Å². The molecular formula is C11H17N3O4. The molecule has 7 heteroatoms. The lowest BCUT2D eigenvalue weighted by molar-refractivity contribution is 0.0526. The van der Waals surface area contributed by atoms with E-state index < -0.39 is 12.1 Å². The van der Waals surface area contributed by atoms with Gasteiger partial charge in [-0.15, -0.1) is 0 Å². The average molecular weight is 255 g/mol. The molecule has 0 saturated carbocycles. The fraction of sp³-hybridized carbons (Fsp3) is 0.545. The van der Waals surface area contributed by atoms with E-state index in [1.807, 2.05) is 0 Å². The molecule has 0 aromatic carbocycles. The summed E-state index contributed by atoms with van der Waals surface area (Å²) >= 11 is 0. The minimum Gasteiger partial charge on any atom is -0.462 e. The molecule has 1 heterocycles. The maximum Gasteiger partial charge on any atom is 0.412 e. The summed E-state index contributed by atoms with van der Waals surface area (Å²) < 4.78 is 11.1. The third kappa shape index (κ3) is 2.99. The SMILES string of the molecule is CCOC(=O)Nc1c(C(=O)OCC)c(C)nn1C. The molecular weight excluding hydrogens is 238 g/mol. The number of aryl methyl sites for hydroxylation is 2. The van der Waals surface area contributed by atoms with Crippen molar-refractivity contribution in [3.05, 3.63) is 11.3 Å². The quantitative estimate of drug-likeness (QED) is 0.824. The first-order valence-corrected chi connectivity index (χ1v) is 5.65. The van der Waals surface area contributed by atoms with Crippen molar-refractivity contribution < 1.29 is 19.1 Å². The van der Waals surface area contributed by atoms with Gasteiger partial charge in [0.2, 0.25) is 0 Å². The Morgan fingerprint density at radius 3 is 2.44 bits per heavy atom. The van der Waals surface area contributed by atoms with Crippen LogP contribution in [0.1, 0.15) is 29.9 Å². The number of hydrogen-bond acceptors (Lipinski definition) is 5. The highest BCUT2D eigenvalue weighted by atomic mass is 16.5. The Balaban J connectivity index is 3.02. The molecule has 0 aliphatic rings. The van der Waals surface area contributed by atoms with Gasteiger partial charge in [0.1, 0.15) is 11.4 Å². The van der Waals surface area contributed by atoms with Crippen LogP contribution < -0.4 is 5.32 Å². The summed E-state index contributed by atoms with van der Waals surface area (Å²) in [4.78, 5) is 23.2. The number of anilines is 1. The molecule has 0 saturated heterocycles. The Kier molecular flexibility index (Phi) is 4.70. The number of nitrogens with one attached hydrogen (secondary N) is 1. The van der Waals surface area contributed by atoms with E-state index in [-0.39, 0.29) is 24.6 Å². The molecule has 0 bridgehead atoms. The zero-order chi connectivity index (χ0) is 13.7. The third-order valence-corrected chi connectivity index (χ3v) is 2.20. The Bertz CT molecular complexity index is 453. The van der Waals surface area contributed by atoms with Crippen LogP contribution >= 0.6 is 0 Å². The summed E-state index contributed by atoms with van der Waals surface area (Å²) in [7, 11) is 1.62. The van der Waals surface area contributed by atoms with Gasteiger partial charge in [-0.05, 0) is 20.8 Å². The predicted molar refractivity (Wildman–Crippen MR) is 64.5 cm³/mol. The van der Waals surface area contributed by atoms with Crippen molar-refractivity contribution in [3.63, 3.8) is 0 Å². The summed E-state index contributed by atoms with van der Waals surface area (Å²) in [6, 6.07) is 0. The van der Waals surface area contributed by atoms with Crippen molar-refractivity contribution in [3.8, 4) is 0 Å². The Labute approximate surface area is 105 Å². The van der Waals surface area contributed by atoms with E-state index in [0.717, 1.165) is 0 Å². The van der Waals surface area contributed by atoms with Gasteiger partial charge in [0.05, 0.1) is 18.9 Å². The van der Waals surface area contributed by atoms with Crippen LogP contribution in [0.5, 0.6) is 0 Å². The molecule has 1 N–H and O–H groups in total. The molecule has 0 radical (unpaired) electrons. The van der Waals surface area contributed by atoms with E-state index in [1.165, 1.54) is 4.68 Å². The zero-order valence-corrected chi connectivity index (χ0v) is 10.9. The molecule has 1 aromatic rings. The van der Waals surface area contributed by atoms with Crippen LogP contribution in [0, 0.1) is 6.92 Å². The van der Waals surface area contributed by atoms with Crippen LogP contribution in [-0.2, 0) is 16.5 Å². The van der Waals surface area contributed by atoms with Crippen molar-refractivity contribution in [1.29, 1.82) is 0 Å². The van der Waals surface area contributed by atoms with Crippen LogP contribution in [0.3, 0.4) is 0 Å². The van der Waals surface area contributed by atoms with Crippen molar-refractivity contribution in [2.75, 3.05) is 18.5 Å². The molecule has 0 aliphatic heterocycles. The molecule has 7 nitrogen and oxygen atoms in total. The van der Waals surface area contributed by atoms with E-state index in [1.54, 1.807) is 27.8 Å².